The number of methoxy groups -OCH3 is 2. The van der Waals surface area contributed by atoms with Crippen LogP contribution in [0.1, 0.15) is 25.3 Å². The van der Waals surface area contributed by atoms with Crippen molar-refractivity contribution in [2.75, 3.05) is 20.8 Å². The van der Waals surface area contributed by atoms with Crippen molar-refractivity contribution in [1.29, 1.82) is 0 Å². The number of unbranched alkanes of at least 4 members (excludes halogenated alkanes) is 1. The zero-order valence-corrected chi connectivity index (χ0v) is 13.6. The Labute approximate surface area is 128 Å². The van der Waals surface area contributed by atoms with Gasteiger partial charge in [-0.15, -0.1) is 0 Å². The van der Waals surface area contributed by atoms with Crippen molar-refractivity contribution in [1.82, 2.24) is 5.32 Å². The Balaban J connectivity index is 2.77. The molecule has 0 spiro atoms. The van der Waals surface area contributed by atoms with E-state index < -0.39 is 0 Å². The lowest BCUT2D eigenvalue weighted by atomic mass is 10.2. The van der Waals surface area contributed by atoms with Gasteiger partial charge in [0.25, 0.3) is 0 Å². The van der Waals surface area contributed by atoms with Gasteiger partial charge < -0.3 is 14.8 Å². The minimum atomic E-state index is -0.0932. The standard InChI is InChI=1S/C15H20BrNO3/c1-4-5-8-17-14(18)7-6-11-9-12(16)15(20-3)13(10-11)19-2/h6-7,9-10H,4-5,8H2,1-3H3,(H,17,18)/b7-6+. The first-order chi connectivity index (χ1) is 9.62. The maximum atomic E-state index is 11.6. The Morgan fingerprint density at radius 2 is 2.10 bits per heavy atom. The molecule has 0 bridgehead atoms. The lowest BCUT2D eigenvalue weighted by Crippen LogP contribution is -2.21. The van der Waals surface area contributed by atoms with Crippen LogP contribution in [0.3, 0.4) is 0 Å². The molecule has 0 aromatic heterocycles. The fourth-order valence-electron chi connectivity index (χ4n) is 1.65. The van der Waals surface area contributed by atoms with E-state index in [9.17, 15) is 4.79 Å². The van der Waals surface area contributed by atoms with Crippen LogP contribution < -0.4 is 14.8 Å². The summed E-state index contributed by atoms with van der Waals surface area (Å²) in [4.78, 5) is 11.6. The molecule has 0 heterocycles. The second kappa shape index (κ2) is 8.64. The number of nitrogens with one attached hydrogen (secondary N) is 1. The molecule has 1 N–H and O–H groups in total. The molecule has 0 aliphatic rings. The van der Waals surface area contributed by atoms with Crippen molar-refractivity contribution >= 4 is 27.9 Å². The van der Waals surface area contributed by atoms with Crippen molar-refractivity contribution < 1.29 is 14.3 Å². The van der Waals surface area contributed by atoms with E-state index in [1.165, 1.54) is 6.08 Å². The number of rotatable bonds is 7. The van der Waals surface area contributed by atoms with E-state index in [4.69, 9.17) is 9.47 Å². The number of hydrogen-bond acceptors (Lipinski definition) is 3. The molecule has 1 aromatic rings. The highest BCUT2D eigenvalue weighted by atomic mass is 79.9. The summed E-state index contributed by atoms with van der Waals surface area (Å²) in [6.07, 6.45) is 5.31. The Morgan fingerprint density at radius 1 is 1.35 bits per heavy atom. The van der Waals surface area contributed by atoms with Gasteiger partial charge in [-0.1, -0.05) is 13.3 Å². The van der Waals surface area contributed by atoms with Gasteiger partial charge in [-0.3, -0.25) is 4.79 Å². The highest BCUT2D eigenvalue weighted by Gasteiger charge is 2.09. The van der Waals surface area contributed by atoms with E-state index >= 15 is 0 Å². The summed E-state index contributed by atoms with van der Waals surface area (Å²) in [6.45, 7) is 2.79. The van der Waals surface area contributed by atoms with Gasteiger partial charge in [0.15, 0.2) is 11.5 Å². The van der Waals surface area contributed by atoms with Crippen LogP contribution in [0.4, 0.5) is 0 Å². The number of halogens is 1. The highest BCUT2D eigenvalue weighted by Crippen LogP contribution is 2.36. The van der Waals surface area contributed by atoms with Crippen LogP contribution in [-0.4, -0.2) is 26.7 Å². The van der Waals surface area contributed by atoms with Gasteiger partial charge in [0, 0.05) is 12.6 Å². The normalized spacial score (nSPS) is 10.6. The fourth-order valence-corrected chi connectivity index (χ4v) is 2.27. The van der Waals surface area contributed by atoms with Crippen LogP contribution in [0.2, 0.25) is 0 Å². The Kier molecular flexibility index (Phi) is 7.15. The monoisotopic (exact) mass is 341 g/mol. The van der Waals surface area contributed by atoms with E-state index in [1.807, 2.05) is 12.1 Å². The van der Waals surface area contributed by atoms with Gasteiger partial charge >= 0.3 is 0 Å². The molecule has 0 aliphatic heterocycles. The van der Waals surface area contributed by atoms with Crippen molar-refractivity contribution in [2.24, 2.45) is 0 Å². The molecule has 0 unspecified atom stereocenters. The van der Waals surface area contributed by atoms with Crippen molar-refractivity contribution in [3.63, 3.8) is 0 Å². The first-order valence-corrected chi connectivity index (χ1v) is 7.29. The zero-order valence-electron chi connectivity index (χ0n) is 12.0. The van der Waals surface area contributed by atoms with Crippen molar-refractivity contribution in [3.8, 4) is 11.5 Å². The van der Waals surface area contributed by atoms with Gasteiger partial charge in [-0.05, 0) is 46.1 Å². The molecule has 5 heteroatoms. The zero-order chi connectivity index (χ0) is 15.0. The third-order valence-electron chi connectivity index (χ3n) is 2.71. The number of hydrogen-bond donors (Lipinski definition) is 1. The lowest BCUT2D eigenvalue weighted by Gasteiger charge is -2.10. The summed E-state index contributed by atoms with van der Waals surface area (Å²) < 4.78 is 11.3. The molecule has 1 aromatic carbocycles. The molecular weight excluding hydrogens is 322 g/mol. The summed E-state index contributed by atoms with van der Waals surface area (Å²) in [5.74, 6) is 1.16. The molecule has 4 nitrogen and oxygen atoms in total. The van der Waals surface area contributed by atoms with Crippen LogP contribution in [0.5, 0.6) is 11.5 Å². The third kappa shape index (κ3) is 4.89. The largest absolute Gasteiger partial charge is 0.493 e. The SMILES string of the molecule is CCCCNC(=O)/C=C/c1cc(Br)c(OC)c(OC)c1. The Morgan fingerprint density at radius 3 is 2.70 bits per heavy atom. The predicted octanol–water partition coefficient (Wildman–Crippen LogP) is 3.40. The minimum absolute atomic E-state index is 0.0932. The molecule has 1 rings (SSSR count). The van der Waals surface area contributed by atoms with Gasteiger partial charge in [0.05, 0.1) is 18.7 Å². The van der Waals surface area contributed by atoms with Crippen LogP contribution in [0.25, 0.3) is 6.08 Å². The Hall–Kier alpha value is -1.49. The van der Waals surface area contributed by atoms with Gasteiger partial charge in [0.2, 0.25) is 5.91 Å². The second-order valence-electron chi connectivity index (χ2n) is 4.22. The summed E-state index contributed by atoms with van der Waals surface area (Å²) in [5.41, 5.74) is 0.861. The smallest absolute Gasteiger partial charge is 0.243 e. The first kappa shape index (κ1) is 16.6. The number of benzene rings is 1. The molecule has 0 fully saturated rings. The lowest BCUT2D eigenvalue weighted by molar-refractivity contribution is -0.116. The molecule has 0 saturated heterocycles. The molecule has 0 aliphatic carbocycles. The summed E-state index contributed by atoms with van der Waals surface area (Å²) >= 11 is 3.42. The maximum Gasteiger partial charge on any atom is 0.243 e. The highest BCUT2D eigenvalue weighted by molar-refractivity contribution is 9.10. The number of amides is 1. The summed E-state index contributed by atoms with van der Waals surface area (Å²) in [7, 11) is 3.16. The number of carbonyl (C=O) groups excluding carboxylic acids is 1. The van der Waals surface area contributed by atoms with E-state index in [1.54, 1.807) is 20.3 Å². The van der Waals surface area contributed by atoms with Gasteiger partial charge in [0.1, 0.15) is 0 Å². The number of carbonyl (C=O) groups is 1. The third-order valence-corrected chi connectivity index (χ3v) is 3.30. The predicted molar refractivity (Wildman–Crippen MR) is 84.2 cm³/mol. The molecule has 0 saturated carbocycles. The average Bonchev–Trinajstić information content (AvgIpc) is 2.44. The molecule has 110 valence electrons. The van der Waals surface area contributed by atoms with Crippen LogP contribution in [0.15, 0.2) is 22.7 Å². The van der Waals surface area contributed by atoms with Gasteiger partial charge in [-0.2, -0.15) is 0 Å². The quantitative estimate of drug-likeness (QED) is 0.610. The van der Waals surface area contributed by atoms with Crippen LogP contribution in [0, 0.1) is 0 Å². The average molecular weight is 342 g/mol. The molecular formula is C15H20BrNO3. The molecule has 0 atom stereocenters. The van der Waals surface area contributed by atoms with Crippen LogP contribution >= 0.6 is 15.9 Å². The first-order valence-electron chi connectivity index (χ1n) is 6.49. The number of ether oxygens (including phenoxy) is 2. The van der Waals surface area contributed by atoms with E-state index in [-0.39, 0.29) is 5.91 Å². The van der Waals surface area contributed by atoms with Crippen molar-refractivity contribution in [3.05, 3.63) is 28.2 Å². The summed E-state index contributed by atoms with van der Waals surface area (Å²) in [6, 6.07) is 3.69. The van der Waals surface area contributed by atoms with Gasteiger partial charge in [-0.25, -0.2) is 0 Å². The topological polar surface area (TPSA) is 47.6 Å². The van der Waals surface area contributed by atoms with E-state index in [2.05, 4.69) is 28.2 Å². The minimum Gasteiger partial charge on any atom is -0.493 e. The van der Waals surface area contributed by atoms with Crippen LogP contribution in [-0.2, 0) is 4.79 Å². The summed E-state index contributed by atoms with van der Waals surface area (Å²) in [5, 5.41) is 2.83. The maximum absolute atomic E-state index is 11.6. The fraction of sp³-hybridized carbons (Fsp3) is 0.400. The second-order valence-corrected chi connectivity index (χ2v) is 5.07. The van der Waals surface area contributed by atoms with Crippen molar-refractivity contribution in [2.45, 2.75) is 19.8 Å². The van der Waals surface area contributed by atoms with E-state index in [0.29, 0.717) is 18.0 Å². The van der Waals surface area contributed by atoms with E-state index in [0.717, 1.165) is 22.9 Å². The molecule has 0 radical (unpaired) electrons. The Bertz CT molecular complexity index is 486. The molecule has 20 heavy (non-hydrogen) atoms. The molecule has 1 amide bonds.